The molecule has 0 aromatic carbocycles. The second-order valence-electron chi connectivity index (χ2n) is 7.12. The third-order valence-corrected chi connectivity index (χ3v) is 5.49. The average molecular weight is 382 g/mol. The number of nitrogens with zero attached hydrogens (tertiary/aromatic N) is 4. The number of rotatable bonds is 3. The molecule has 2 N–H and O–H groups in total. The van der Waals surface area contributed by atoms with Gasteiger partial charge in [0.1, 0.15) is 18.4 Å². The zero-order valence-electron chi connectivity index (χ0n) is 14.8. The van der Waals surface area contributed by atoms with Crippen molar-refractivity contribution in [2.24, 2.45) is 15.9 Å². The maximum Gasteiger partial charge on any atom is 0.405 e. The lowest BCUT2D eigenvalue weighted by Crippen LogP contribution is -2.45. The molecule has 2 amide bonds. The third kappa shape index (κ3) is 3.28. The van der Waals surface area contributed by atoms with E-state index in [1.807, 2.05) is 30.7 Å². The van der Waals surface area contributed by atoms with Gasteiger partial charge in [-0.3, -0.25) is 4.99 Å². The van der Waals surface area contributed by atoms with Crippen molar-refractivity contribution in [2.45, 2.75) is 37.6 Å². The molecule has 27 heavy (non-hydrogen) atoms. The van der Waals surface area contributed by atoms with Gasteiger partial charge in [-0.15, -0.1) is 0 Å². The number of nitrogens with one attached hydrogen (secondary N) is 2. The number of halogens is 3. The van der Waals surface area contributed by atoms with Gasteiger partial charge in [0.05, 0.1) is 18.4 Å². The molecule has 1 fully saturated rings. The summed E-state index contributed by atoms with van der Waals surface area (Å²) in [5.41, 5.74) is 1.05. The van der Waals surface area contributed by atoms with Crippen LogP contribution in [0.4, 0.5) is 23.8 Å². The van der Waals surface area contributed by atoms with Crippen LogP contribution in [0.1, 0.15) is 24.9 Å². The van der Waals surface area contributed by atoms with E-state index in [9.17, 15) is 18.0 Å². The molecule has 4 rings (SSSR count). The summed E-state index contributed by atoms with van der Waals surface area (Å²) < 4.78 is 37.2. The maximum atomic E-state index is 12.4. The summed E-state index contributed by atoms with van der Waals surface area (Å²) >= 11 is 0. The maximum absolute atomic E-state index is 12.4. The predicted molar refractivity (Wildman–Crippen MR) is 94.4 cm³/mol. The van der Waals surface area contributed by atoms with Crippen LogP contribution < -0.4 is 5.32 Å². The Bertz CT molecular complexity index is 773. The normalized spacial score (nSPS) is 29.2. The first-order chi connectivity index (χ1) is 12.9. The average Bonchev–Trinajstić information content (AvgIpc) is 3.33. The fraction of sp³-hybridized carbons (Fsp3) is 0.588. The number of fused-ring (bicyclic) bond motifs is 3. The molecule has 10 heteroatoms. The second-order valence-corrected chi connectivity index (χ2v) is 7.12. The SMILES string of the molecule is CCC1CN(C(=O)NCC(F)(F)F)CC1N1C=NC2C=Nc3[nH]ccc3C21. The first-order valence-electron chi connectivity index (χ1n) is 8.99. The first-order valence-corrected chi connectivity index (χ1v) is 8.99. The third-order valence-electron chi connectivity index (χ3n) is 5.49. The summed E-state index contributed by atoms with van der Waals surface area (Å²) in [5.74, 6) is 0.964. The van der Waals surface area contributed by atoms with Crippen molar-refractivity contribution >= 4 is 24.4 Å². The number of hydrogen-bond donors (Lipinski definition) is 2. The number of amides is 2. The molecule has 0 bridgehead atoms. The highest BCUT2D eigenvalue weighted by Crippen LogP contribution is 2.41. The van der Waals surface area contributed by atoms with Crippen LogP contribution in [0.25, 0.3) is 0 Å². The number of hydrogen-bond acceptors (Lipinski definition) is 4. The van der Waals surface area contributed by atoms with Gasteiger partial charge in [0.25, 0.3) is 0 Å². The second kappa shape index (κ2) is 6.58. The predicted octanol–water partition coefficient (Wildman–Crippen LogP) is 2.47. The van der Waals surface area contributed by atoms with Gasteiger partial charge in [-0.2, -0.15) is 13.2 Å². The van der Waals surface area contributed by atoms with Crippen LogP contribution in [0.2, 0.25) is 0 Å². The lowest BCUT2D eigenvalue weighted by molar-refractivity contribution is -0.123. The Morgan fingerprint density at radius 1 is 1.41 bits per heavy atom. The molecule has 1 aromatic heterocycles. The summed E-state index contributed by atoms with van der Waals surface area (Å²) in [6.07, 6.45) is 1.85. The van der Waals surface area contributed by atoms with Crippen molar-refractivity contribution in [3.63, 3.8) is 0 Å². The summed E-state index contributed by atoms with van der Waals surface area (Å²) in [6.45, 7) is 1.52. The molecule has 1 saturated heterocycles. The lowest BCUT2D eigenvalue weighted by atomic mass is 9.94. The van der Waals surface area contributed by atoms with Crippen LogP contribution >= 0.6 is 0 Å². The van der Waals surface area contributed by atoms with E-state index in [-0.39, 0.29) is 24.0 Å². The number of aliphatic imine (C=N–C) groups is 2. The molecule has 3 aliphatic rings. The summed E-state index contributed by atoms with van der Waals surface area (Å²) in [6, 6.07) is 1.22. The molecule has 4 atom stereocenters. The first kappa shape index (κ1) is 17.9. The molecule has 7 nitrogen and oxygen atoms in total. The monoisotopic (exact) mass is 382 g/mol. The van der Waals surface area contributed by atoms with E-state index >= 15 is 0 Å². The molecule has 0 radical (unpaired) electrons. The van der Waals surface area contributed by atoms with Gasteiger partial charge in [-0.05, 0) is 18.4 Å². The lowest BCUT2D eigenvalue weighted by Gasteiger charge is -2.35. The van der Waals surface area contributed by atoms with Crippen molar-refractivity contribution < 1.29 is 18.0 Å². The molecule has 3 aliphatic heterocycles. The number of carbonyl (C=O) groups excluding carboxylic acids is 1. The minimum Gasteiger partial charge on any atom is -0.348 e. The van der Waals surface area contributed by atoms with Crippen molar-refractivity contribution in [3.05, 3.63) is 17.8 Å². The number of aromatic nitrogens is 1. The Morgan fingerprint density at radius 2 is 2.22 bits per heavy atom. The molecule has 0 aliphatic carbocycles. The van der Waals surface area contributed by atoms with Gasteiger partial charge in [0, 0.05) is 31.1 Å². The fourth-order valence-electron chi connectivity index (χ4n) is 4.16. The molecular weight excluding hydrogens is 361 g/mol. The fourth-order valence-corrected chi connectivity index (χ4v) is 4.16. The Morgan fingerprint density at radius 3 is 2.96 bits per heavy atom. The van der Waals surface area contributed by atoms with E-state index in [0.717, 1.165) is 17.8 Å². The zero-order valence-corrected chi connectivity index (χ0v) is 14.8. The number of likely N-dealkylation sites (tertiary alicyclic amines) is 1. The number of carbonyl (C=O) groups is 1. The van der Waals surface area contributed by atoms with Crippen LogP contribution in [0, 0.1) is 5.92 Å². The zero-order chi connectivity index (χ0) is 19.2. The van der Waals surface area contributed by atoms with Crippen molar-refractivity contribution in [3.8, 4) is 0 Å². The molecule has 4 unspecified atom stereocenters. The highest BCUT2D eigenvalue weighted by atomic mass is 19.4. The van der Waals surface area contributed by atoms with Gasteiger partial charge < -0.3 is 20.1 Å². The van der Waals surface area contributed by atoms with Crippen molar-refractivity contribution in [2.75, 3.05) is 19.6 Å². The van der Waals surface area contributed by atoms with Crippen LogP contribution in [-0.2, 0) is 0 Å². The van der Waals surface area contributed by atoms with Crippen LogP contribution in [0.3, 0.4) is 0 Å². The standard InChI is InChI=1S/C17H21F3N6O/c1-2-10-6-25(16(27)23-8-17(18,19)20)7-13(10)26-9-24-12-5-22-15-11(14(12)26)3-4-21-15/h3-5,9-10,12-14,21H,2,6-8H2,1H3,(H,23,27). The highest BCUT2D eigenvalue weighted by molar-refractivity contribution is 5.80. The van der Waals surface area contributed by atoms with E-state index in [4.69, 9.17) is 0 Å². The van der Waals surface area contributed by atoms with Gasteiger partial charge in [0.2, 0.25) is 0 Å². The van der Waals surface area contributed by atoms with E-state index in [2.05, 4.69) is 19.9 Å². The molecule has 4 heterocycles. The largest absolute Gasteiger partial charge is 0.405 e. The topological polar surface area (TPSA) is 76.1 Å². The summed E-state index contributed by atoms with van der Waals surface area (Å²) in [5, 5.41) is 1.97. The Hall–Kier alpha value is -2.52. The minimum absolute atomic E-state index is 0.000336. The Kier molecular flexibility index (Phi) is 4.35. The van der Waals surface area contributed by atoms with Gasteiger partial charge >= 0.3 is 12.2 Å². The number of aromatic amines is 1. The number of H-pyrrole nitrogens is 1. The van der Waals surface area contributed by atoms with Gasteiger partial charge in [-0.25, -0.2) is 9.79 Å². The molecular formula is C17H21F3N6O. The smallest absolute Gasteiger partial charge is 0.348 e. The quantitative estimate of drug-likeness (QED) is 0.843. The number of alkyl halides is 3. The highest BCUT2D eigenvalue weighted by Gasteiger charge is 2.45. The van der Waals surface area contributed by atoms with Crippen LogP contribution in [0.5, 0.6) is 0 Å². The Balaban J connectivity index is 1.49. The van der Waals surface area contributed by atoms with E-state index < -0.39 is 18.8 Å². The summed E-state index contributed by atoms with van der Waals surface area (Å²) in [7, 11) is 0. The molecule has 146 valence electrons. The Labute approximate surface area is 154 Å². The van der Waals surface area contributed by atoms with Crippen LogP contribution in [0.15, 0.2) is 22.2 Å². The van der Waals surface area contributed by atoms with Crippen LogP contribution in [-0.4, -0.2) is 71.3 Å². The summed E-state index contributed by atoms with van der Waals surface area (Å²) in [4.78, 5) is 27.8. The molecule has 0 spiro atoms. The molecule has 1 aromatic rings. The molecule has 0 saturated carbocycles. The van der Waals surface area contributed by atoms with E-state index in [1.165, 1.54) is 4.90 Å². The minimum atomic E-state index is -4.42. The van der Waals surface area contributed by atoms with Crippen molar-refractivity contribution in [1.82, 2.24) is 20.1 Å². The van der Waals surface area contributed by atoms with Gasteiger partial charge in [0.15, 0.2) is 0 Å². The van der Waals surface area contributed by atoms with E-state index in [0.29, 0.717) is 13.1 Å². The van der Waals surface area contributed by atoms with Gasteiger partial charge in [-0.1, -0.05) is 6.92 Å². The number of urea groups is 1. The van der Waals surface area contributed by atoms with Crippen molar-refractivity contribution in [1.29, 1.82) is 0 Å². The van der Waals surface area contributed by atoms with E-state index in [1.54, 1.807) is 6.34 Å².